The molecule has 92 valence electrons. The summed E-state index contributed by atoms with van der Waals surface area (Å²) >= 11 is 5.88. The first-order valence-electron chi connectivity index (χ1n) is 6.00. The second kappa shape index (κ2) is 5.92. The molecule has 2 rings (SSSR count). The van der Waals surface area contributed by atoms with Gasteiger partial charge in [0, 0.05) is 18.1 Å². The topological polar surface area (TPSA) is 41.1 Å². The minimum absolute atomic E-state index is 0.0704. The van der Waals surface area contributed by atoms with Crippen LogP contribution in [-0.4, -0.2) is 19.1 Å². The lowest BCUT2D eigenvalue weighted by Crippen LogP contribution is -2.37. The summed E-state index contributed by atoms with van der Waals surface area (Å²) < 4.78 is 0. The van der Waals surface area contributed by atoms with Gasteiger partial charge in [-0.3, -0.25) is 0 Å². The van der Waals surface area contributed by atoms with Gasteiger partial charge >= 0.3 is 6.03 Å². The smallest absolute Gasteiger partial charge is 0.314 e. The van der Waals surface area contributed by atoms with Crippen molar-refractivity contribution in [2.45, 2.75) is 19.3 Å². The van der Waals surface area contributed by atoms with Crippen molar-refractivity contribution in [1.29, 1.82) is 0 Å². The minimum Gasteiger partial charge on any atom is -0.338 e. The lowest BCUT2D eigenvalue weighted by atomic mass is 10.1. The zero-order chi connectivity index (χ0) is 12.1. The lowest BCUT2D eigenvalue weighted by molar-refractivity contribution is 0.240. The number of carbonyl (C=O) groups excluding carboxylic acids is 1. The summed E-state index contributed by atoms with van der Waals surface area (Å²) in [6.07, 6.45) is 3.31. The molecule has 1 aromatic carbocycles. The fourth-order valence-corrected chi connectivity index (χ4v) is 1.85. The highest BCUT2D eigenvalue weighted by molar-refractivity contribution is 6.30. The maximum Gasteiger partial charge on any atom is 0.314 e. The predicted octanol–water partition coefficient (Wildman–Crippen LogP) is 2.59. The van der Waals surface area contributed by atoms with Crippen LogP contribution < -0.4 is 10.6 Å². The molecule has 1 aliphatic rings. The van der Waals surface area contributed by atoms with Gasteiger partial charge in [0.05, 0.1) is 0 Å². The third-order valence-electron chi connectivity index (χ3n) is 2.84. The molecule has 0 heterocycles. The maximum atomic E-state index is 11.4. The molecule has 4 heteroatoms. The molecule has 1 fully saturated rings. The highest BCUT2D eigenvalue weighted by atomic mass is 35.5. The molecule has 17 heavy (non-hydrogen) atoms. The Morgan fingerprint density at radius 3 is 2.88 bits per heavy atom. The largest absolute Gasteiger partial charge is 0.338 e. The minimum atomic E-state index is -0.0704. The quantitative estimate of drug-likeness (QED) is 0.831. The van der Waals surface area contributed by atoms with Gasteiger partial charge in [-0.05, 0) is 42.9 Å². The Kier molecular flexibility index (Phi) is 4.26. The van der Waals surface area contributed by atoms with Crippen LogP contribution in [0.2, 0.25) is 5.02 Å². The first-order valence-corrected chi connectivity index (χ1v) is 6.38. The van der Waals surface area contributed by atoms with E-state index in [9.17, 15) is 4.79 Å². The van der Waals surface area contributed by atoms with Gasteiger partial charge in [-0.1, -0.05) is 23.7 Å². The monoisotopic (exact) mass is 252 g/mol. The van der Waals surface area contributed by atoms with Gasteiger partial charge in [0.25, 0.3) is 0 Å². The molecule has 0 atom stereocenters. The summed E-state index contributed by atoms with van der Waals surface area (Å²) in [5.74, 6) is 0.716. The highest BCUT2D eigenvalue weighted by Crippen LogP contribution is 2.27. The molecule has 1 aliphatic carbocycles. The molecule has 0 radical (unpaired) electrons. The summed E-state index contributed by atoms with van der Waals surface area (Å²) in [6, 6.07) is 7.63. The van der Waals surface area contributed by atoms with Crippen LogP contribution in [-0.2, 0) is 6.42 Å². The average Bonchev–Trinajstić information content (AvgIpc) is 3.10. The van der Waals surface area contributed by atoms with Gasteiger partial charge in [0.1, 0.15) is 0 Å². The van der Waals surface area contributed by atoms with Gasteiger partial charge in [0.15, 0.2) is 0 Å². The van der Waals surface area contributed by atoms with Crippen LogP contribution in [0.5, 0.6) is 0 Å². The number of amides is 2. The van der Waals surface area contributed by atoms with Gasteiger partial charge in [-0.15, -0.1) is 0 Å². The number of hydrogen-bond donors (Lipinski definition) is 2. The Hall–Kier alpha value is -1.22. The number of halogens is 1. The molecular weight excluding hydrogens is 236 g/mol. The first-order chi connectivity index (χ1) is 8.24. The normalized spacial score (nSPS) is 14.4. The van der Waals surface area contributed by atoms with Crippen molar-refractivity contribution in [2.24, 2.45) is 5.92 Å². The molecule has 3 nitrogen and oxygen atoms in total. The Balaban J connectivity index is 1.62. The van der Waals surface area contributed by atoms with Crippen molar-refractivity contribution in [3.05, 3.63) is 34.9 Å². The van der Waals surface area contributed by atoms with Crippen LogP contribution in [0, 0.1) is 5.92 Å². The van der Waals surface area contributed by atoms with Crippen LogP contribution in [0.3, 0.4) is 0 Å². The number of nitrogens with one attached hydrogen (secondary N) is 2. The fourth-order valence-electron chi connectivity index (χ4n) is 1.63. The number of urea groups is 1. The lowest BCUT2D eigenvalue weighted by Gasteiger charge is -2.07. The summed E-state index contributed by atoms with van der Waals surface area (Å²) in [5.41, 5.74) is 1.14. The molecule has 0 aromatic heterocycles. The van der Waals surface area contributed by atoms with Crippen molar-refractivity contribution >= 4 is 17.6 Å². The summed E-state index contributed by atoms with van der Waals surface area (Å²) in [6.45, 7) is 1.44. The van der Waals surface area contributed by atoms with E-state index < -0.39 is 0 Å². The Morgan fingerprint density at radius 1 is 1.35 bits per heavy atom. The summed E-state index contributed by atoms with van der Waals surface area (Å²) in [5, 5.41) is 6.44. The van der Waals surface area contributed by atoms with Crippen LogP contribution >= 0.6 is 11.6 Å². The Labute approximate surface area is 107 Å². The van der Waals surface area contributed by atoms with Crippen LogP contribution in [0.4, 0.5) is 4.79 Å². The van der Waals surface area contributed by atoms with E-state index >= 15 is 0 Å². The molecule has 2 N–H and O–H groups in total. The van der Waals surface area contributed by atoms with Crippen molar-refractivity contribution in [3.8, 4) is 0 Å². The number of rotatable bonds is 5. The van der Waals surface area contributed by atoms with Crippen molar-refractivity contribution in [3.63, 3.8) is 0 Å². The highest BCUT2D eigenvalue weighted by Gasteiger charge is 2.21. The van der Waals surface area contributed by atoms with Crippen LogP contribution in [0.15, 0.2) is 24.3 Å². The summed E-state index contributed by atoms with van der Waals surface area (Å²) in [4.78, 5) is 11.4. The van der Waals surface area contributed by atoms with E-state index in [4.69, 9.17) is 11.6 Å². The third-order valence-corrected chi connectivity index (χ3v) is 3.07. The van der Waals surface area contributed by atoms with E-state index in [0.717, 1.165) is 23.6 Å². The Bertz CT molecular complexity index is 391. The molecule has 0 spiro atoms. The van der Waals surface area contributed by atoms with E-state index in [0.29, 0.717) is 12.5 Å². The number of carbonyl (C=O) groups is 1. The molecule has 1 aromatic rings. The first kappa shape index (κ1) is 12.2. The second-order valence-corrected chi connectivity index (χ2v) is 4.90. The number of benzene rings is 1. The van der Waals surface area contributed by atoms with Gasteiger partial charge in [-0.25, -0.2) is 4.79 Å². The predicted molar refractivity (Wildman–Crippen MR) is 69.3 cm³/mol. The van der Waals surface area contributed by atoms with Gasteiger partial charge < -0.3 is 10.6 Å². The van der Waals surface area contributed by atoms with E-state index in [1.165, 1.54) is 12.8 Å². The third kappa shape index (κ3) is 4.65. The van der Waals surface area contributed by atoms with Crippen molar-refractivity contribution < 1.29 is 4.79 Å². The second-order valence-electron chi connectivity index (χ2n) is 4.46. The zero-order valence-electron chi connectivity index (χ0n) is 9.71. The van der Waals surface area contributed by atoms with E-state index in [1.54, 1.807) is 0 Å². The van der Waals surface area contributed by atoms with Gasteiger partial charge in [-0.2, -0.15) is 0 Å². The fraction of sp³-hybridized carbons (Fsp3) is 0.462. The summed E-state index contributed by atoms with van der Waals surface area (Å²) in [7, 11) is 0. The van der Waals surface area contributed by atoms with Crippen molar-refractivity contribution in [2.75, 3.05) is 13.1 Å². The molecular formula is C13H17ClN2O. The standard InChI is InChI=1S/C13H17ClN2O/c14-12-3-1-2-10(8-12)6-7-15-13(17)16-9-11-4-5-11/h1-3,8,11H,4-7,9H2,(H2,15,16,17). The van der Waals surface area contributed by atoms with E-state index in [2.05, 4.69) is 10.6 Å². The van der Waals surface area contributed by atoms with Gasteiger partial charge in [0.2, 0.25) is 0 Å². The SMILES string of the molecule is O=C(NCCc1cccc(Cl)c1)NCC1CC1. The maximum absolute atomic E-state index is 11.4. The van der Waals surface area contributed by atoms with Crippen LogP contribution in [0.25, 0.3) is 0 Å². The molecule has 0 saturated heterocycles. The van der Waals surface area contributed by atoms with Crippen molar-refractivity contribution in [1.82, 2.24) is 10.6 Å². The molecule has 0 bridgehead atoms. The number of hydrogen-bond acceptors (Lipinski definition) is 1. The molecule has 0 unspecified atom stereocenters. The molecule has 0 aliphatic heterocycles. The van der Waals surface area contributed by atoms with E-state index in [-0.39, 0.29) is 6.03 Å². The Morgan fingerprint density at radius 2 is 2.18 bits per heavy atom. The van der Waals surface area contributed by atoms with Crippen LogP contribution in [0.1, 0.15) is 18.4 Å². The van der Waals surface area contributed by atoms with E-state index in [1.807, 2.05) is 24.3 Å². The molecule has 1 saturated carbocycles. The molecule has 2 amide bonds. The average molecular weight is 253 g/mol. The zero-order valence-corrected chi connectivity index (χ0v) is 10.5.